The van der Waals surface area contributed by atoms with Crippen molar-refractivity contribution in [2.24, 2.45) is 5.92 Å². The molecule has 3 nitrogen and oxygen atoms in total. The summed E-state index contributed by atoms with van der Waals surface area (Å²) in [7, 11) is 0. The number of aliphatic hydroxyl groups is 1. The Hall–Kier alpha value is -1.77. The molecule has 2 N–H and O–H groups in total. The molecule has 0 saturated carbocycles. The number of aliphatic hydroxyl groups excluding tert-OH is 1. The van der Waals surface area contributed by atoms with Gasteiger partial charge in [-0.3, -0.25) is 4.79 Å². The summed E-state index contributed by atoms with van der Waals surface area (Å²) < 4.78 is 0. The molecule has 20 heavy (non-hydrogen) atoms. The van der Waals surface area contributed by atoms with Crippen LogP contribution in [0.2, 0.25) is 0 Å². The first-order chi connectivity index (χ1) is 9.52. The molecule has 0 aliphatic heterocycles. The number of hydrogen-bond donors (Lipinski definition) is 2. The predicted octanol–water partition coefficient (Wildman–Crippen LogP) is 3.61. The third-order valence-corrected chi connectivity index (χ3v) is 2.98. The molecule has 1 rings (SSSR count). The Morgan fingerprint density at radius 1 is 1.30 bits per heavy atom. The smallest absolute Gasteiger partial charge is 0.220 e. The highest BCUT2D eigenvalue weighted by molar-refractivity contribution is 5.76. The molecule has 1 aromatic rings. The van der Waals surface area contributed by atoms with Gasteiger partial charge >= 0.3 is 0 Å². The van der Waals surface area contributed by atoms with Crippen LogP contribution in [0.1, 0.15) is 39.2 Å². The van der Waals surface area contributed by atoms with Crippen LogP contribution < -0.4 is 5.32 Å². The van der Waals surface area contributed by atoms with Crippen molar-refractivity contribution >= 4 is 5.91 Å². The fourth-order valence-electron chi connectivity index (χ4n) is 2.05. The zero-order valence-corrected chi connectivity index (χ0v) is 12.6. The van der Waals surface area contributed by atoms with E-state index >= 15 is 0 Å². The molecule has 1 unspecified atom stereocenters. The first kappa shape index (κ1) is 16.3. The van der Waals surface area contributed by atoms with Gasteiger partial charge in [0.2, 0.25) is 5.91 Å². The Morgan fingerprint density at radius 3 is 2.50 bits per heavy atom. The average Bonchev–Trinajstić information content (AvgIpc) is 2.38. The minimum atomic E-state index is -0.344. The van der Waals surface area contributed by atoms with E-state index in [9.17, 15) is 9.90 Å². The molecule has 0 spiro atoms. The monoisotopic (exact) mass is 275 g/mol. The van der Waals surface area contributed by atoms with Crippen LogP contribution in [0.15, 0.2) is 42.2 Å². The maximum Gasteiger partial charge on any atom is 0.220 e. The van der Waals surface area contributed by atoms with Gasteiger partial charge < -0.3 is 10.4 Å². The number of benzene rings is 1. The summed E-state index contributed by atoms with van der Waals surface area (Å²) in [5.41, 5.74) is 1.10. The number of hydrogen-bond acceptors (Lipinski definition) is 2. The third kappa shape index (κ3) is 5.91. The number of nitrogens with one attached hydrogen (secondary N) is 1. The van der Waals surface area contributed by atoms with Gasteiger partial charge in [-0.2, -0.15) is 0 Å². The average molecular weight is 275 g/mol. The van der Waals surface area contributed by atoms with Crippen LogP contribution in [0.3, 0.4) is 0 Å². The summed E-state index contributed by atoms with van der Waals surface area (Å²) in [5.74, 6) is 0.537. The van der Waals surface area contributed by atoms with E-state index in [1.54, 1.807) is 6.08 Å². The number of carbonyl (C=O) groups excluding carboxylic acids is 1. The molecule has 0 bridgehead atoms. The fourth-order valence-corrected chi connectivity index (χ4v) is 2.05. The SMILES string of the molecule is CC/C=C(/O)C(Cc1ccccc1)NC(=O)CC(C)C. The summed E-state index contributed by atoms with van der Waals surface area (Å²) in [6.45, 7) is 5.98. The molecule has 0 heterocycles. The van der Waals surface area contributed by atoms with Crippen molar-refractivity contribution < 1.29 is 9.90 Å². The van der Waals surface area contributed by atoms with Gasteiger partial charge in [0.15, 0.2) is 0 Å². The lowest BCUT2D eigenvalue weighted by molar-refractivity contribution is -0.122. The van der Waals surface area contributed by atoms with Gasteiger partial charge in [0.25, 0.3) is 0 Å². The standard InChI is InChI=1S/C17H25NO2/c1-4-8-16(19)15(18-17(20)11-13(2)3)12-14-9-6-5-7-10-14/h5-10,13,15,19H,4,11-12H2,1-3H3,(H,18,20)/b16-8+. The number of allylic oxidation sites excluding steroid dienone is 1. The van der Waals surface area contributed by atoms with Gasteiger partial charge in [0, 0.05) is 6.42 Å². The highest BCUT2D eigenvalue weighted by Crippen LogP contribution is 2.10. The molecule has 0 aliphatic carbocycles. The zero-order valence-electron chi connectivity index (χ0n) is 12.6. The Morgan fingerprint density at radius 2 is 1.95 bits per heavy atom. The van der Waals surface area contributed by atoms with E-state index < -0.39 is 0 Å². The highest BCUT2D eigenvalue weighted by Gasteiger charge is 2.17. The van der Waals surface area contributed by atoms with Crippen molar-refractivity contribution in [3.8, 4) is 0 Å². The second-order valence-electron chi connectivity index (χ2n) is 5.45. The van der Waals surface area contributed by atoms with Crippen molar-refractivity contribution in [2.75, 3.05) is 0 Å². The molecule has 0 radical (unpaired) electrons. The lowest BCUT2D eigenvalue weighted by Crippen LogP contribution is -2.38. The van der Waals surface area contributed by atoms with Gasteiger partial charge in [0.05, 0.1) is 6.04 Å². The van der Waals surface area contributed by atoms with Crippen molar-refractivity contribution in [1.29, 1.82) is 0 Å². The summed E-state index contributed by atoms with van der Waals surface area (Å²) in [4.78, 5) is 11.9. The summed E-state index contributed by atoms with van der Waals surface area (Å²) in [6, 6.07) is 9.54. The van der Waals surface area contributed by atoms with E-state index in [0.717, 1.165) is 12.0 Å². The molecule has 3 heteroatoms. The first-order valence-corrected chi connectivity index (χ1v) is 7.25. The van der Waals surface area contributed by atoms with E-state index in [0.29, 0.717) is 18.8 Å². The Labute approximate surface area is 121 Å². The quantitative estimate of drug-likeness (QED) is 0.747. The Balaban J connectivity index is 2.75. The van der Waals surface area contributed by atoms with E-state index in [1.165, 1.54) is 0 Å². The molecule has 0 aliphatic rings. The summed E-state index contributed by atoms with van der Waals surface area (Å²) >= 11 is 0. The van der Waals surface area contributed by atoms with E-state index in [1.807, 2.05) is 51.1 Å². The predicted molar refractivity (Wildman–Crippen MR) is 82.5 cm³/mol. The second-order valence-corrected chi connectivity index (χ2v) is 5.45. The fraction of sp³-hybridized carbons (Fsp3) is 0.471. The molecule has 0 aromatic heterocycles. The highest BCUT2D eigenvalue weighted by atomic mass is 16.3. The molecular formula is C17H25NO2. The van der Waals surface area contributed by atoms with Crippen molar-refractivity contribution in [1.82, 2.24) is 5.32 Å². The van der Waals surface area contributed by atoms with Crippen molar-refractivity contribution in [3.63, 3.8) is 0 Å². The minimum absolute atomic E-state index is 0.0167. The van der Waals surface area contributed by atoms with Crippen molar-refractivity contribution in [2.45, 2.75) is 46.1 Å². The van der Waals surface area contributed by atoms with Gasteiger partial charge in [0.1, 0.15) is 5.76 Å². The number of amides is 1. The molecule has 1 amide bonds. The maximum atomic E-state index is 11.9. The topological polar surface area (TPSA) is 49.3 Å². The molecular weight excluding hydrogens is 250 g/mol. The minimum Gasteiger partial charge on any atom is -0.510 e. The van der Waals surface area contributed by atoms with E-state index in [-0.39, 0.29) is 17.7 Å². The Kier molecular flexibility index (Phi) is 6.85. The van der Waals surface area contributed by atoms with E-state index in [4.69, 9.17) is 0 Å². The summed E-state index contributed by atoms with van der Waals surface area (Å²) in [5, 5.41) is 13.0. The lowest BCUT2D eigenvalue weighted by atomic mass is 10.0. The summed E-state index contributed by atoms with van der Waals surface area (Å²) in [6.07, 6.45) is 3.58. The van der Waals surface area contributed by atoms with Crippen LogP contribution in [-0.4, -0.2) is 17.1 Å². The van der Waals surface area contributed by atoms with Crippen LogP contribution in [0.5, 0.6) is 0 Å². The van der Waals surface area contributed by atoms with Gasteiger partial charge in [-0.1, -0.05) is 51.1 Å². The second kappa shape index (κ2) is 8.41. The lowest BCUT2D eigenvalue weighted by Gasteiger charge is -2.19. The third-order valence-electron chi connectivity index (χ3n) is 2.98. The van der Waals surface area contributed by atoms with Crippen LogP contribution in [-0.2, 0) is 11.2 Å². The number of rotatable bonds is 7. The van der Waals surface area contributed by atoms with Gasteiger partial charge in [-0.15, -0.1) is 0 Å². The molecule has 110 valence electrons. The van der Waals surface area contributed by atoms with Crippen LogP contribution in [0.25, 0.3) is 0 Å². The van der Waals surface area contributed by atoms with Gasteiger partial charge in [-0.05, 0) is 30.4 Å². The first-order valence-electron chi connectivity index (χ1n) is 7.25. The normalized spacial score (nSPS) is 13.3. The zero-order chi connectivity index (χ0) is 15.0. The molecule has 1 aromatic carbocycles. The molecule has 0 saturated heterocycles. The van der Waals surface area contributed by atoms with Gasteiger partial charge in [-0.25, -0.2) is 0 Å². The Bertz CT molecular complexity index is 438. The van der Waals surface area contributed by atoms with Crippen molar-refractivity contribution in [3.05, 3.63) is 47.7 Å². The molecule has 0 fully saturated rings. The van der Waals surface area contributed by atoms with Crippen LogP contribution in [0, 0.1) is 5.92 Å². The van der Waals surface area contributed by atoms with Crippen LogP contribution in [0.4, 0.5) is 0 Å². The number of carbonyl (C=O) groups is 1. The maximum absolute atomic E-state index is 11.9. The largest absolute Gasteiger partial charge is 0.510 e. The molecule has 1 atom stereocenters. The van der Waals surface area contributed by atoms with Crippen LogP contribution >= 0.6 is 0 Å². The van der Waals surface area contributed by atoms with E-state index in [2.05, 4.69) is 5.32 Å².